The molecule has 2 aromatic carbocycles. The summed E-state index contributed by atoms with van der Waals surface area (Å²) in [4.78, 5) is 8.82. The molecular formula is C19H12FN3O2. The van der Waals surface area contributed by atoms with Gasteiger partial charge in [-0.15, -0.1) is 0 Å². The van der Waals surface area contributed by atoms with Crippen molar-refractivity contribution in [3.8, 4) is 34.0 Å². The average Bonchev–Trinajstić information content (AvgIpc) is 3.27. The molecule has 1 aliphatic rings. The highest BCUT2D eigenvalue weighted by molar-refractivity contribution is 5.68. The number of halogens is 1. The van der Waals surface area contributed by atoms with E-state index in [0.29, 0.717) is 11.4 Å². The summed E-state index contributed by atoms with van der Waals surface area (Å²) in [5, 5.41) is 0. The number of benzene rings is 2. The molecule has 25 heavy (non-hydrogen) atoms. The van der Waals surface area contributed by atoms with Gasteiger partial charge in [0.1, 0.15) is 5.82 Å². The Bertz CT molecular complexity index is 1110. The van der Waals surface area contributed by atoms with Crippen LogP contribution in [0.4, 0.5) is 4.39 Å². The first-order valence-corrected chi connectivity index (χ1v) is 7.77. The van der Waals surface area contributed by atoms with Crippen molar-refractivity contribution < 1.29 is 13.9 Å². The summed E-state index contributed by atoms with van der Waals surface area (Å²) in [6, 6.07) is 12.1. The highest BCUT2D eigenvalue weighted by Gasteiger charge is 2.15. The molecular weight excluding hydrogens is 321 g/mol. The largest absolute Gasteiger partial charge is 0.454 e. The van der Waals surface area contributed by atoms with Crippen LogP contribution < -0.4 is 9.47 Å². The van der Waals surface area contributed by atoms with Crippen LogP contribution in [0.5, 0.6) is 11.5 Å². The zero-order valence-corrected chi connectivity index (χ0v) is 13.0. The maximum atomic E-state index is 13.6. The lowest BCUT2D eigenvalue weighted by Crippen LogP contribution is -1.93. The molecule has 122 valence electrons. The van der Waals surface area contributed by atoms with Crippen LogP contribution in [0, 0.1) is 5.82 Å². The molecule has 1 aliphatic heterocycles. The first-order chi connectivity index (χ1) is 12.3. The van der Waals surface area contributed by atoms with Gasteiger partial charge in [0.15, 0.2) is 17.1 Å². The lowest BCUT2D eigenvalue weighted by molar-refractivity contribution is 0.174. The number of imidazole rings is 1. The molecule has 5 nitrogen and oxygen atoms in total. The molecule has 0 fully saturated rings. The Morgan fingerprint density at radius 2 is 1.84 bits per heavy atom. The fourth-order valence-corrected chi connectivity index (χ4v) is 2.96. The molecule has 0 radical (unpaired) electrons. The van der Waals surface area contributed by atoms with Crippen molar-refractivity contribution in [1.29, 1.82) is 0 Å². The van der Waals surface area contributed by atoms with Gasteiger partial charge in [-0.25, -0.2) is 9.37 Å². The summed E-state index contributed by atoms with van der Waals surface area (Å²) in [5.74, 6) is 1.15. The van der Waals surface area contributed by atoms with Gasteiger partial charge in [0.25, 0.3) is 0 Å². The monoisotopic (exact) mass is 333 g/mol. The molecule has 0 N–H and O–H groups in total. The van der Waals surface area contributed by atoms with Gasteiger partial charge in [0.2, 0.25) is 6.79 Å². The number of hydrogen-bond donors (Lipinski definition) is 0. The second kappa shape index (κ2) is 5.31. The summed E-state index contributed by atoms with van der Waals surface area (Å²) >= 11 is 0. The summed E-state index contributed by atoms with van der Waals surface area (Å²) in [7, 11) is 0. The van der Waals surface area contributed by atoms with Gasteiger partial charge in [0, 0.05) is 17.3 Å². The van der Waals surface area contributed by atoms with Crippen LogP contribution >= 0.6 is 0 Å². The third kappa shape index (κ3) is 2.30. The molecule has 0 spiro atoms. The minimum Gasteiger partial charge on any atom is -0.454 e. The zero-order valence-electron chi connectivity index (χ0n) is 13.0. The minimum absolute atomic E-state index is 0.233. The van der Waals surface area contributed by atoms with Crippen LogP contribution in [0.2, 0.25) is 0 Å². The lowest BCUT2D eigenvalue weighted by atomic mass is 10.1. The normalized spacial score (nSPS) is 12.7. The highest BCUT2D eigenvalue weighted by atomic mass is 19.1. The second-order valence-electron chi connectivity index (χ2n) is 5.72. The molecule has 0 unspecified atom stereocenters. The van der Waals surface area contributed by atoms with Crippen molar-refractivity contribution in [1.82, 2.24) is 14.4 Å². The zero-order chi connectivity index (χ0) is 16.8. The number of rotatable bonds is 2. The molecule has 0 saturated carbocycles. The third-order valence-corrected chi connectivity index (χ3v) is 4.18. The van der Waals surface area contributed by atoms with Crippen LogP contribution in [0.25, 0.3) is 28.2 Å². The van der Waals surface area contributed by atoms with Crippen molar-refractivity contribution in [3.05, 3.63) is 66.9 Å². The fourth-order valence-electron chi connectivity index (χ4n) is 2.96. The molecule has 5 rings (SSSR count). The SMILES string of the molecule is Fc1cccc(-c2cnc3cnc(-c4ccc5c(c4)OCO5)cn23)c1. The molecule has 0 saturated heterocycles. The number of fused-ring (bicyclic) bond motifs is 2. The van der Waals surface area contributed by atoms with E-state index in [1.54, 1.807) is 18.5 Å². The Morgan fingerprint density at radius 3 is 2.76 bits per heavy atom. The minimum atomic E-state index is -0.280. The third-order valence-electron chi connectivity index (χ3n) is 4.18. The predicted molar refractivity (Wildman–Crippen MR) is 89.9 cm³/mol. The summed E-state index contributed by atoms with van der Waals surface area (Å²) in [6.07, 6.45) is 5.30. The van der Waals surface area contributed by atoms with Gasteiger partial charge in [-0.1, -0.05) is 12.1 Å². The molecule has 0 aliphatic carbocycles. The van der Waals surface area contributed by atoms with E-state index < -0.39 is 0 Å². The van der Waals surface area contributed by atoms with Crippen molar-refractivity contribution in [2.45, 2.75) is 0 Å². The Balaban J connectivity index is 1.65. The van der Waals surface area contributed by atoms with Gasteiger partial charge >= 0.3 is 0 Å². The number of aromatic nitrogens is 3. The molecule has 3 heterocycles. The van der Waals surface area contributed by atoms with Crippen LogP contribution in [0.1, 0.15) is 0 Å². The van der Waals surface area contributed by atoms with E-state index in [1.807, 2.05) is 34.9 Å². The standard InChI is InChI=1S/C19H12FN3O2/c20-14-3-1-2-13(6-14)16-8-22-19-9-21-15(10-23(16)19)12-4-5-17-18(7-12)25-11-24-17/h1-10H,11H2. The van der Waals surface area contributed by atoms with Gasteiger partial charge in [-0.05, 0) is 30.3 Å². The average molecular weight is 333 g/mol. The maximum Gasteiger partial charge on any atom is 0.231 e. The first-order valence-electron chi connectivity index (χ1n) is 7.77. The lowest BCUT2D eigenvalue weighted by Gasteiger charge is -2.06. The Kier molecular flexibility index (Phi) is 2.97. The number of ether oxygens (including phenoxy) is 2. The van der Waals surface area contributed by atoms with E-state index in [1.165, 1.54) is 12.1 Å². The molecule has 6 heteroatoms. The molecule has 0 amide bonds. The quantitative estimate of drug-likeness (QED) is 0.558. The summed E-state index contributed by atoms with van der Waals surface area (Å²) in [6.45, 7) is 0.233. The van der Waals surface area contributed by atoms with Crippen LogP contribution in [-0.4, -0.2) is 21.2 Å². The molecule has 2 aromatic heterocycles. The highest BCUT2D eigenvalue weighted by Crippen LogP contribution is 2.35. The summed E-state index contributed by atoms with van der Waals surface area (Å²) < 4.78 is 26.2. The van der Waals surface area contributed by atoms with Crippen molar-refractivity contribution in [2.75, 3.05) is 6.79 Å². The summed E-state index contributed by atoms with van der Waals surface area (Å²) in [5.41, 5.74) is 3.93. The molecule has 0 bridgehead atoms. The van der Waals surface area contributed by atoms with Crippen molar-refractivity contribution >= 4 is 5.65 Å². The van der Waals surface area contributed by atoms with Crippen LogP contribution in [0.15, 0.2) is 61.1 Å². The first kappa shape index (κ1) is 14.0. The van der Waals surface area contributed by atoms with E-state index in [0.717, 1.165) is 28.3 Å². The van der Waals surface area contributed by atoms with E-state index in [-0.39, 0.29) is 12.6 Å². The van der Waals surface area contributed by atoms with Crippen molar-refractivity contribution in [2.24, 2.45) is 0 Å². The number of nitrogens with zero attached hydrogens (tertiary/aromatic N) is 3. The maximum absolute atomic E-state index is 13.6. The van der Waals surface area contributed by atoms with Crippen LogP contribution in [-0.2, 0) is 0 Å². The second-order valence-corrected chi connectivity index (χ2v) is 5.72. The predicted octanol–water partition coefficient (Wildman–Crippen LogP) is 3.93. The van der Waals surface area contributed by atoms with Gasteiger partial charge in [0.05, 0.1) is 23.8 Å². The van der Waals surface area contributed by atoms with E-state index in [9.17, 15) is 4.39 Å². The Labute approximate surface area is 142 Å². The van der Waals surface area contributed by atoms with Crippen LogP contribution in [0.3, 0.4) is 0 Å². The smallest absolute Gasteiger partial charge is 0.231 e. The number of hydrogen-bond acceptors (Lipinski definition) is 4. The Morgan fingerprint density at radius 1 is 0.920 bits per heavy atom. The van der Waals surface area contributed by atoms with Gasteiger partial charge in [-0.2, -0.15) is 0 Å². The fraction of sp³-hybridized carbons (Fsp3) is 0.0526. The van der Waals surface area contributed by atoms with Crippen molar-refractivity contribution in [3.63, 3.8) is 0 Å². The van der Waals surface area contributed by atoms with E-state index in [2.05, 4.69) is 9.97 Å². The van der Waals surface area contributed by atoms with Gasteiger partial charge in [-0.3, -0.25) is 9.38 Å². The topological polar surface area (TPSA) is 48.7 Å². The van der Waals surface area contributed by atoms with E-state index >= 15 is 0 Å². The van der Waals surface area contributed by atoms with Gasteiger partial charge < -0.3 is 9.47 Å². The van der Waals surface area contributed by atoms with E-state index in [4.69, 9.17) is 9.47 Å². The molecule has 0 atom stereocenters. The Hall–Kier alpha value is -3.41. The molecule has 4 aromatic rings.